The number of hydrogen-bond donors (Lipinski definition) is 1. The lowest BCUT2D eigenvalue weighted by atomic mass is 10.0. The second kappa shape index (κ2) is 1.72. The largest absolute Gasteiger partial charge is 0.344 e. The van der Waals surface area contributed by atoms with E-state index in [0.717, 1.165) is 5.92 Å². The van der Waals surface area contributed by atoms with Crippen LogP contribution in [-0.2, 0) is 0 Å². The molecule has 0 saturated heterocycles. The van der Waals surface area contributed by atoms with Crippen molar-refractivity contribution in [2.45, 2.75) is 34.6 Å². The first-order valence-electron chi connectivity index (χ1n) is 3.40. The Labute approximate surface area is 58.4 Å². The molecule has 1 aliphatic rings. The fraction of sp³-hybridized carbons (Fsp3) is 1.00. The molecule has 0 aromatic heterocycles. The molecule has 3 N–H and O–H groups in total. The molecule has 1 aliphatic carbocycles. The molecule has 0 spiro atoms. The molecular formula is C8H19N. The van der Waals surface area contributed by atoms with Gasteiger partial charge in [-0.25, -0.2) is 0 Å². The van der Waals surface area contributed by atoms with E-state index >= 15 is 0 Å². The molecule has 0 amide bonds. The summed E-state index contributed by atoms with van der Waals surface area (Å²) >= 11 is 0. The van der Waals surface area contributed by atoms with Crippen LogP contribution >= 0.6 is 0 Å². The molecule has 1 saturated carbocycles. The van der Waals surface area contributed by atoms with Gasteiger partial charge < -0.3 is 6.15 Å². The van der Waals surface area contributed by atoms with E-state index in [1.54, 1.807) is 0 Å². The first-order chi connectivity index (χ1) is 3.40. The fourth-order valence-corrected chi connectivity index (χ4v) is 1.53. The Kier molecular flexibility index (Phi) is 1.72. The standard InChI is InChI=1S/C8H16.H3N/c1-6-7(2,3)8(6,4)5;/h6H,1-5H3;1H3. The van der Waals surface area contributed by atoms with Crippen molar-refractivity contribution in [3.8, 4) is 0 Å². The van der Waals surface area contributed by atoms with Gasteiger partial charge in [0.05, 0.1) is 0 Å². The summed E-state index contributed by atoms with van der Waals surface area (Å²) in [5, 5.41) is 0. The Balaban J connectivity index is 0.000000640. The SMILES string of the molecule is CC1C(C)(C)C1(C)C.N. The Morgan fingerprint density at radius 1 is 0.889 bits per heavy atom. The minimum absolute atomic E-state index is 0. The average Bonchev–Trinajstić information content (AvgIpc) is 1.88. The summed E-state index contributed by atoms with van der Waals surface area (Å²) in [7, 11) is 0. The Morgan fingerprint density at radius 2 is 1.00 bits per heavy atom. The molecule has 0 aromatic rings. The molecular weight excluding hydrogens is 110 g/mol. The van der Waals surface area contributed by atoms with Crippen molar-refractivity contribution in [3.05, 3.63) is 0 Å². The molecule has 56 valence electrons. The lowest BCUT2D eigenvalue weighted by Crippen LogP contribution is -1.95. The van der Waals surface area contributed by atoms with Gasteiger partial charge in [-0.1, -0.05) is 34.6 Å². The predicted molar refractivity (Wildman–Crippen MR) is 41.7 cm³/mol. The minimum atomic E-state index is 0. The maximum atomic E-state index is 2.34. The normalized spacial score (nSPS) is 29.0. The minimum Gasteiger partial charge on any atom is -0.344 e. The third-order valence-corrected chi connectivity index (χ3v) is 3.74. The van der Waals surface area contributed by atoms with E-state index in [9.17, 15) is 0 Å². The quantitative estimate of drug-likeness (QED) is 0.536. The summed E-state index contributed by atoms with van der Waals surface area (Å²) in [4.78, 5) is 0. The number of rotatable bonds is 0. The van der Waals surface area contributed by atoms with E-state index in [0.29, 0.717) is 10.8 Å². The Bertz CT molecular complexity index is 99.7. The summed E-state index contributed by atoms with van der Waals surface area (Å²) in [5.74, 6) is 0.912. The fourth-order valence-electron chi connectivity index (χ4n) is 1.53. The van der Waals surface area contributed by atoms with Gasteiger partial charge in [-0.2, -0.15) is 0 Å². The molecule has 1 nitrogen and oxygen atoms in total. The van der Waals surface area contributed by atoms with Crippen LogP contribution in [-0.4, -0.2) is 0 Å². The summed E-state index contributed by atoms with van der Waals surface area (Å²) < 4.78 is 0. The van der Waals surface area contributed by atoms with Gasteiger partial charge in [0.15, 0.2) is 0 Å². The van der Waals surface area contributed by atoms with Crippen LogP contribution in [0.15, 0.2) is 0 Å². The zero-order valence-electron chi connectivity index (χ0n) is 7.28. The van der Waals surface area contributed by atoms with E-state index < -0.39 is 0 Å². The molecule has 0 heterocycles. The van der Waals surface area contributed by atoms with Crippen LogP contribution in [0.3, 0.4) is 0 Å². The number of hydrogen-bond acceptors (Lipinski definition) is 1. The molecule has 0 unspecified atom stereocenters. The van der Waals surface area contributed by atoms with Crippen molar-refractivity contribution >= 4 is 0 Å². The maximum Gasteiger partial charge on any atom is -0.0269 e. The van der Waals surface area contributed by atoms with Crippen LogP contribution in [0.4, 0.5) is 0 Å². The molecule has 0 aromatic carbocycles. The van der Waals surface area contributed by atoms with Crippen molar-refractivity contribution in [2.75, 3.05) is 0 Å². The molecule has 0 aliphatic heterocycles. The summed E-state index contributed by atoms with van der Waals surface area (Å²) in [5.41, 5.74) is 1.21. The van der Waals surface area contributed by atoms with Crippen molar-refractivity contribution in [1.29, 1.82) is 0 Å². The molecule has 0 radical (unpaired) electrons. The summed E-state index contributed by atoms with van der Waals surface area (Å²) in [6.07, 6.45) is 0. The van der Waals surface area contributed by atoms with E-state index in [1.807, 2.05) is 0 Å². The van der Waals surface area contributed by atoms with Gasteiger partial charge in [0.1, 0.15) is 0 Å². The second-order valence-electron chi connectivity index (χ2n) is 4.17. The van der Waals surface area contributed by atoms with Gasteiger partial charge in [-0.15, -0.1) is 0 Å². The predicted octanol–water partition coefficient (Wildman–Crippen LogP) is 2.85. The zero-order chi connectivity index (χ0) is 6.58. The molecule has 0 atom stereocenters. The van der Waals surface area contributed by atoms with Gasteiger partial charge >= 0.3 is 0 Å². The van der Waals surface area contributed by atoms with E-state index in [1.165, 1.54) is 0 Å². The third kappa shape index (κ3) is 0.787. The lowest BCUT2D eigenvalue weighted by Gasteiger charge is -2.04. The van der Waals surface area contributed by atoms with Gasteiger partial charge in [-0.3, -0.25) is 0 Å². The van der Waals surface area contributed by atoms with E-state index in [-0.39, 0.29) is 6.15 Å². The molecule has 1 heteroatoms. The van der Waals surface area contributed by atoms with E-state index in [2.05, 4.69) is 34.6 Å². The smallest absolute Gasteiger partial charge is 0.0269 e. The molecule has 0 bridgehead atoms. The highest BCUT2D eigenvalue weighted by atomic mass is 14.7. The van der Waals surface area contributed by atoms with Gasteiger partial charge in [0, 0.05) is 0 Å². The topological polar surface area (TPSA) is 35.0 Å². The van der Waals surface area contributed by atoms with Gasteiger partial charge in [0.25, 0.3) is 0 Å². The first kappa shape index (κ1) is 8.96. The van der Waals surface area contributed by atoms with Gasteiger partial charge in [0.2, 0.25) is 0 Å². The van der Waals surface area contributed by atoms with Crippen LogP contribution < -0.4 is 6.15 Å². The molecule has 9 heavy (non-hydrogen) atoms. The summed E-state index contributed by atoms with van der Waals surface area (Å²) in [6.45, 7) is 11.7. The Hall–Kier alpha value is -0.0400. The average molecular weight is 129 g/mol. The van der Waals surface area contributed by atoms with Crippen molar-refractivity contribution < 1.29 is 0 Å². The highest BCUT2D eigenvalue weighted by Crippen LogP contribution is 2.67. The third-order valence-electron chi connectivity index (χ3n) is 3.74. The van der Waals surface area contributed by atoms with Crippen LogP contribution in [0.1, 0.15) is 34.6 Å². The maximum absolute atomic E-state index is 2.34. The van der Waals surface area contributed by atoms with E-state index in [4.69, 9.17) is 0 Å². The lowest BCUT2D eigenvalue weighted by molar-refractivity contribution is 0.457. The van der Waals surface area contributed by atoms with Crippen LogP contribution in [0.2, 0.25) is 0 Å². The molecule has 1 fully saturated rings. The van der Waals surface area contributed by atoms with Gasteiger partial charge in [-0.05, 0) is 16.7 Å². The van der Waals surface area contributed by atoms with Crippen LogP contribution in [0, 0.1) is 16.7 Å². The van der Waals surface area contributed by atoms with Crippen molar-refractivity contribution in [3.63, 3.8) is 0 Å². The van der Waals surface area contributed by atoms with Crippen LogP contribution in [0.5, 0.6) is 0 Å². The summed E-state index contributed by atoms with van der Waals surface area (Å²) in [6, 6.07) is 0. The molecule has 1 rings (SSSR count). The highest BCUT2D eigenvalue weighted by molar-refractivity contribution is 5.09. The second-order valence-corrected chi connectivity index (χ2v) is 4.17. The highest BCUT2D eigenvalue weighted by Gasteiger charge is 2.61. The Morgan fingerprint density at radius 3 is 1.00 bits per heavy atom. The van der Waals surface area contributed by atoms with Crippen molar-refractivity contribution in [2.24, 2.45) is 16.7 Å². The van der Waals surface area contributed by atoms with Crippen molar-refractivity contribution in [1.82, 2.24) is 6.15 Å². The first-order valence-corrected chi connectivity index (χ1v) is 3.40. The monoisotopic (exact) mass is 129 g/mol. The van der Waals surface area contributed by atoms with Crippen LogP contribution in [0.25, 0.3) is 0 Å². The zero-order valence-corrected chi connectivity index (χ0v) is 7.28.